The van der Waals surface area contributed by atoms with Crippen molar-refractivity contribution in [2.24, 2.45) is 0 Å². The van der Waals surface area contributed by atoms with Crippen molar-refractivity contribution in [2.75, 3.05) is 31.1 Å². The molecular formula is C18H17F3N2O4S. The van der Waals surface area contributed by atoms with Crippen molar-refractivity contribution in [3.63, 3.8) is 0 Å². The lowest BCUT2D eigenvalue weighted by molar-refractivity contribution is -0.0435. The van der Waals surface area contributed by atoms with Gasteiger partial charge in [0.25, 0.3) is 15.7 Å². The maximum absolute atomic E-state index is 13.0. The standard InChI is InChI=1S/C18H17F3N2O4S/c19-18(20,21)28(26,27)16-8-4-2-6-14(16)22-9-11-23(12-10-22)17(25)13-5-1-3-7-15(13)24/h1-8,24H,9-12H2. The molecule has 1 heterocycles. The molecule has 0 spiro atoms. The molecule has 6 nitrogen and oxygen atoms in total. The molecule has 0 aromatic heterocycles. The Kier molecular flexibility index (Phi) is 5.24. The molecule has 0 unspecified atom stereocenters. The van der Waals surface area contributed by atoms with Crippen LogP contribution in [-0.2, 0) is 9.84 Å². The molecule has 150 valence electrons. The number of phenolic OH excluding ortho intramolecular Hbond substituents is 1. The van der Waals surface area contributed by atoms with Gasteiger partial charge in [-0.15, -0.1) is 0 Å². The number of anilines is 1. The molecule has 0 aliphatic carbocycles. The Morgan fingerprint density at radius 3 is 2.11 bits per heavy atom. The second kappa shape index (κ2) is 7.34. The fourth-order valence-corrected chi connectivity index (χ4v) is 4.03. The third-order valence-corrected chi connectivity index (χ3v) is 6.04. The van der Waals surface area contributed by atoms with Crippen molar-refractivity contribution < 1.29 is 31.5 Å². The van der Waals surface area contributed by atoms with E-state index in [-0.39, 0.29) is 43.2 Å². The molecule has 0 bridgehead atoms. The van der Waals surface area contributed by atoms with Gasteiger partial charge in [-0.25, -0.2) is 8.42 Å². The minimum absolute atomic E-state index is 0.0468. The van der Waals surface area contributed by atoms with E-state index in [1.165, 1.54) is 40.1 Å². The highest BCUT2D eigenvalue weighted by Gasteiger charge is 2.48. The van der Waals surface area contributed by atoms with Gasteiger partial charge in [0.15, 0.2) is 0 Å². The Hall–Kier alpha value is -2.75. The molecule has 3 rings (SSSR count). The number of alkyl halides is 3. The molecule has 1 aliphatic rings. The van der Waals surface area contributed by atoms with Crippen LogP contribution in [0.2, 0.25) is 0 Å². The van der Waals surface area contributed by atoms with Crippen molar-refractivity contribution in [1.29, 1.82) is 0 Å². The van der Waals surface area contributed by atoms with E-state index in [0.29, 0.717) is 0 Å². The highest BCUT2D eigenvalue weighted by Crippen LogP contribution is 2.36. The minimum Gasteiger partial charge on any atom is -0.507 e. The van der Waals surface area contributed by atoms with Gasteiger partial charge in [0.2, 0.25) is 0 Å². The number of halogens is 3. The molecule has 2 aromatic carbocycles. The largest absolute Gasteiger partial charge is 0.507 e. The molecule has 28 heavy (non-hydrogen) atoms. The summed E-state index contributed by atoms with van der Waals surface area (Å²) in [6.07, 6.45) is 0. The molecule has 2 aromatic rings. The van der Waals surface area contributed by atoms with E-state index in [4.69, 9.17) is 0 Å². The molecule has 1 saturated heterocycles. The average molecular weight is 414 g/mol. The van der Waals surface area contributed by atoms with E-state index in [2.05, 4.69) is 0 Å². The first-order valence-corrected chi connectivity index (χ1v) is 9.84. The molecule has 1 aliphatic heterocycles. The van der Waals surface area contributed by atoms with Crippen molar-refractivity contribution >= 4 is 21.4 Å². The number of amides is 1. The third-order valence-electron chi connectivity index (χ3n) is 4.50. The fourth-order valence-electron chi connectivity index (χ4n) is 3.05. The van der Waals surface area contributed by atoms with Crippen molar-refractivity contribution in [1.82, 2.24) is 4.90 Å². The van der Waals surface area contributed by atoms with Gasteiger partial charge in [0, 0.05) is 26.2 Å². The fraction of sp³-hybridized carbons (Fsp3) is 0.278. The Morgan fingerprint density at radius 2 is 1.50 bits per heavy atom. The number of nitrogens with zero attached hydrogens (tertiary/aromatic N) is 2. The average Bonchev–Trinajstić information content (AvgIpc) is 2.67. The van der Waals surface area contributed by atoms with Crippen LogP contribution in [0.15, 0.2) is 53.4 Å². The molecule has 1 amide bonds. The Labute approximate surface area is 159 Å². The number of sulfone groups is 1. The number of para-hydroxylation sites is 2. The van der Waals surface area contributed by atoms with E-state index < -0.39 is 26.1 Å². The maximum atomic E-state index is 13.0. The van der Waals surface area contributed by atoms with Gasteiger partial charge in [-0.3, -0.25) is 4.79 Å². The van der Waals surface area contributed by atoms with Crippen LogP contribution in [-0.4, -0.2) is 56.0 Å². The van der Waals surface area contributed by atoms with E-state index in [9.17, 15) is 31.5 Å². The van der Waals surface area contributed by atoms with E-state index in [1.807, 2.05) is 0 Å². The minimum atomic E-state index is -5.49. The second-order valence-corrected chi connectivity index (χ2v) is 8.12. The van der Waals surface area contributed by atoms with Gasteiger partial charge in [0.1, 0.15) is 5.75 Å². The van der Waals surface area contributed by atoms with Gasteiger partial charge in [0.05, 0.1) is 16.1 Å². The van der Waals surface area contributed by atoms with Crippen LogP contribution in [0.1, 0.15) is 10.4 Å². The zero-order chi connectivity index (χ0) is 20.5. The highest BCUT2D eigenvalue weighted by molar-refractivity contribution is 7.92. The first-order chi connectivity index (χ1) is 13.1. The first kappa shape index (κ1) is 20.0. The quantitative estimate of drug-likeness (QED) is 0.836. The Morgan fingerprint density at radius 1 is 0.929 bits per heavy atom. The first-order valence-electron chi connectivity index (χ1n) is 8.35. The summed E-state index contributed by atoms with van der Waals surface area (Å²) in [5.74, 6) is -0.550. The number of benzene rings is 2. The van der Waals surface area contributed by atoms with Gasteiger partial charge in [-0.05, 0) is 24.3 Å². The summed E-state index contributed by atoms with van der Waals surface area (Å²) in [6, 6.07) is 11.0. The molecule has 0 saturated carbocycles. The molecule has 1 N–H and O–H groups in total. The van der Waals surface area contributed by atoms with Gasteiger partial charge < -0.3 is 14.9 Å². The van der Waals surface area contributed by atoms with Gasteiger partial charge in [-0.1, -0.05) is 24.3 Å². The predicted octanol–water partition coefficient (Wildman–Crippen LogP) is 2.65. The van der Waals surface area contributed by atoms with Crippen LogP contribution >= 0.6 is 0 Å². The van der Waals surface area contributed by atoms with Crippen LogP contribution in [0.5, 0.6) is 5.75 Å². The zero-order valence-electron chi connectivity index (χ0n) is 14.6. The molecular weight excluding hydrogens is 397 g/mol. The smallest absolute Gasteiger partial charge is 0.501 e. The van der Waals surface area contributed by atoms with E-state index >= 15 is 0 Å². The number of hydrogen-bond acceptors (Lipinski definition) is 5. The lowest BCUT2D eigenvalue weighted by Gasteiger charge is -2.37. The number of rotatable bonds is 3. The SMILES string of the molecule is O=C(c1ccccc1O)N1CCN(c2ccccc2S(=O)(=O)C(F)(F)F)CC1. The van der Waals surface area contributed by atoms with Crippen molar-refractivity contribution in [3.8, 4) is 5.75 Å². The number of carbonyl (C=O) groups is 1. The van der Waals surface area contributed by atoms with Crippen molar-refractivity contribution in [3.05, 3.63) is 54.1 Å². The normalized spacial score (nSPS) is 15.5. The molecule has 10 heteroatoms. The van der Waals surface area contributed by atoms with Crippen LogP contribution in [0, 0.1) is 0 Å². The lowest BCUT2D eigenvalue weighted by atomic mass is 10.1. The van der Waals surface area contributed by atoms with Crippen LogP contribution in [0.4, 0.5) is 18.9 Å². The summed E-state index contributed by atoms with van der Waals surface area (Å²) in [7, 11) is -5.49. The van der Waals surface area contributed by atoms with Gasteiger partial charge >= 0.3 is 5.51 Å². The maximum Gasteiger partial charge on any atom is 0.501 e. The van der Waals surface area contributed by atoms with E-state index in [1.54, 1.807) is 12.1 Å². The van der Waals surface area contributed by atoms with Crippen LogP contribution in [0.25, 0.3) is 0 Å². The summed E-state index contributed by atoms with van der Waals surface area (Å²) in [6.45, 7) is 0.661. The highest BCUT2D eigenvalue weighted by atomic mass is 32.2. The van der Waals surface area contributed by atoms with Crippen LogP contribution in [0.3, 0.4) is 0 Å². The zero-order valence-corrected chi connectivity index (χ0v) is 15.4. The summed E-state index contributed by atoms with van der Waals surface area (Å²) in [5.41, 5.74) is -5.31. The number of phenols is 1. The molecule has 1 fully saturated rings. The van der Waals surface area contributed by atoms with Crippen LogP contribution < -0.4 is 4.90 Å². The predicted molar refractivity (Wildman–Crippen MR) is 95.9 cm³/mol. The number of carbonyl (C=O) groups excluding carboxylic acids is 1. The molecule has 0 atom stereocenters. The third kappa shape index (κ3) is 3.64. The Bertz CT molecular complexity index is 984. The molecule has 0 radical (unpaired) electrons. The van der Waals surface area contributed by atoms with Gasteiger partial charge in [-0.2, -0.15) is 13.2 Å². The number of hydrogen-bond donors (Lipinski definition) is 1. The summed E-state index contributed by atoms with van der Waals surface area (Å²) >= 11 is 0. The monoisotopic (exact) mass is 414 g/mol. The summed E-state index contributed by atoms with van der Waals surface area (Å²) < 4.78 is 62.7. The lowest BCUT2D eigenvalue weighted by Crippen LogP contribution is -2.49. The summed E-state index contributed by atoms with van der Waals surface area (Å²) in [5, 5.41) is 9.81. The van der Waals surface area contributed by atoms with E-state index in [0.717, 1.165) is 6.07 Å². The number of aromatic hydroxyl groups is 1. The topological polar surface area (TPSA) is 77.9 Å². The summed E-state index contributed by atoms with van der Waals surface area (Å²) in [4.78, 5) is 14.7. The van der Waals surface area contributed by atoms with Crippen molar-refractivity contribution in [2.45, 2.75) is 10.4 Å². The Balaban J connectivity index is 1.80. The second-order valence-electron chi connectivity index (χ2n) is 6.21. The number of piperazine rings is 1.